The van der Waals surface area contributed by atoms with Crippen LogP contribution in [-0.2, 0) is 21.4 Å². The molecule has 118 valence electrons. The molecule has 1 rings (SSSR count). The van der Waals surface area contributed by atoms with Crippen LogP contribution in [0.3, 0.4) is 0 Å². The molecule has 0 aromatic heterocycles. The zero-order valence-corrected chi connectivity index (χ0v) is 13.4. The van der Waals surface area contributed by atoms with Crippen molar-refractivity contribution in [3.63, 3.8) is 0 Å². The van der Waals surface area contributed by atoms with Gasteiger partial charge in [-0.3, -0.25) is 0 Å². The summed E-state index contributed by atoms with van der Waals surface area (Å²) >= 11 is 5.77. The molecule has 1 aromatic carbocycles. The van der Waals surface area contributed by atoms with Gasteiger partial charge in [0.15, 0.2) is 0 Å². The molecule has 1 amide bonds. The van der Waals surface area contributed by atoms with Gasteiger partial charge in [0.25, 0.3) is 0 Å². The summed E-state index contributed by atoms with van der Waals surface area (Å²) < 4.78 is 32.4. The van der Waals surface area contributed by atoms with Crippen molar-refractivity contribution in [3.8, 4) is 0 Å². The van der Waals surface area contributed by atoms with Crippen molar-refractivity contribution in [1.29, 1.82) is 0 Å². The first-order chi connectivity index (χ1) is 9.82. The van der Waals surface area contributed by atoms with Gasteiger partial charge in [0.2, 0.25) is 0 Å². The maximum absolute atomic E-state index is 11.8. The molecule has 1 unspecified atom stereocenters. The third kappa shape index (κ3) is 7.31. The van der Waals surface area contributed by atoms with Gasteiger partial charge in [-0.1, -0.05) is 30.3 Å². The van der Waals surface area contributed by atoms with E-state index in [2.05, 4.69) is 4.72 Å². The van der Waals surface area contributed by atoms with E-state index in [1.54, 1.807) is 18.6 Å². The molecule has 0 spiro atoms. The second kappa shape index (κ2) is 8.21. The van der Waals surface area contributed by atoms with Crippen molar-refractivity contribution in [1.82, 2.24) is 9.44 Å². The van der Waals surface area contributed by atoms with Crippen LogP contribution in [0, 0.1) is 0 Å². The van der Waals surface area contributed by atoms with Crippen LogP contribution in [0.4, 0.5) is 4.79 Å². The van der Waals surface area contributed by atoms with Crippen molar-refractivity contribution >= 4 is 27.9 Å². The van der Waals surface area contributed by atoms with Crippen LogP contribution in [0.25, 0.3) is 0 Å². The lowest BCUT2D eigenvalue weighted by molar-refractivity contribution is 0.121. The van der Waals surface area contributed by atoms with Gasteiger partial charge in [0.1, 0.15) is 0 Å². The number of carbonyl (C=O) groups is 1. The van der Waals surface area contributed by atoms with Crippen molar-refractivity contribution in [2.45, 2.75) is 32.4 Å². The van der Waals surface area contributed by atoms with Crippen LogP contribution in [0.5, 0.6) is 0 Å². The van der Waals surface area contributed by atoms with E-state index in [-0.39, 0.29) is 5.88 Å². The van der Waals surface area contributed by atoms with Gasteiger partial charge in [0, 0.05) is 11.9 Å². The molecule has 0 aliphatic rings. The van der Waals surface area contributed by atoms with Gasteiger partial charge in [-0.25, -0.2) is 9.52 Å². The maximum Gasteiger partial charge on any atom is 0.422 e. The topological polar surface area (TPSA) is 84.5 Å². The molecular formula is C13H19ClN2O4S. The highest BCUT2D eigenvalue weighted by Crippen LogP contribution is 2.05. The number of hydrogen-bond acceptors (Lipinski definition) is 4. The third-order valence-corrected chi connectivity index (χ3v) is 3.84. The lowest BCUT2D eigenvalue weighted by Gasteiger charge is -2.17. The van der Waals surface area contributed by atoms with Gasteiger partial charge in [-0.2, -0.15) is 13.1 Å². The minimum Gasteiger partial charge on any atom is -0.446 e. The summed E-state index contributed by atoms with van der Waals surface area (Å²) in [6.07, 6.45) is -1.01. The van der Waals surface area contributed by atoms with Crippen molar-refractivity contribution in [2.24, 2.45) is 0 Å². The van der Waals surface area contributed by atoms with E-state index in [1.807, 2.05) is 30.3 Å². The number of carbonyl (C=O) groups excluding carboxylic acids is 1. The van der Waals surface area contributed by atoms with E-state index in [1.165, 1.54) is 0 Å². The summed E-state index contributed by atoms with van der Waals surface area (Å²) in [7, 11) is -4.02. The molecule has 21 heavy (non-hydrogen) atoms. The van der Waals surface area contributed by atoms with Crippen LogP contribution in [0.2, 0.25) is 0 Å². The molecule has 2 N–H and O–H groups in total. The van der Waals surface area contributed by atoms with E-state index in [0.717, 1.165) is 5.56 Å². The van der Waals surface area contributed by atoms with Crippen LogP contribution < -0.4 is 9.44 Å². The fourth-order valence-corrected chi connectivity index (χ4v) is 2.83. The SMILES string of the molecule is CC(C)OC(=O)NS(=O)(=O)NC(CCl)Cc1ccccc1. The number of nitrogens with one attached hydrogen (secondary N) is 2. The zero-order chi connectivity index (χ0) is 15.9. The number of hydrogen-bond donors (Lipinski definition) is 2. The predicted octanol–water partition coefficient (Wildman–Crippen LogP) is 1.81. The highest BCUT2D eigenvalue weighted by Gasteiger charge is 2.21. The molecule has 0 bridgehead atoms. The molecule has 1 aromatic rings. The van der Waals surface area contributed by atoms with Crippen molar-refractivity contribution in [3.05, 3.63) is 35.9 Å². The molecule has 0 radical (unpaired) electrons. The first kappa shape index (κ1) is 17.7. The molecule has 8 heteroatoms. The van der Waals surface area contributed by atoms with E-state index in [0.29, 0.717) is 6.42 Å². The molecule has 0 aliphatic heterocycles. The second-order valence-corrected chi connectivity index (χ2v) is 6.47. The van der Waals surface area contributed by atoms with Crippen LogP contribution in [0.1, 0.15) is 19.4 Å². The normalized spacial score (nSPS) is 13.0. The summed E-state index contributed by atoms with van der Waals surface area (Å²) in [4.78, 5) is 11.3. The molecule has 1 atom stereocenters. The first-order valence-corrected chi connectivity index (χ1v) is 8.44. The molecular weight excluding hydrogens is 316 g/mol. The zero-order valence-electron chi connectivity index (χ0n) is 11.9. The summed E-state index contributed by atoms with van der Waals surface area (Å²) in [6.45, 7) is 3.24. The highest BCUT2D eigenvalue weighted by atomic mass is 35.5. The Balaban J connectivity index is 2.61. The minimum absolute atomic E-state index is 0.0784. The maximum atomic E-state index is 11.8. The van der Waals surface area contributed by atoms with E-state index >= 15 is 0 Å². The molecule has 6 nitrogen and oxygen atoms in total. The Kier molecular flexibility index (Phi) is 6.94. The summed E-state index contributed by atoms with van der Waals surface area (Å²) in [5.74, 6) is 0.0784. The van der Waals surface area contributed by atoms with Crippen LogP contribution >= 0.6 is 11.6 Å². The fraction of sp³-hybridized carbons (Fsp3) is 0.462. The minimum atomic E-state index is -4.02. The average molecular weight is 335 g/mol. The van der Waals surface area contributed by atoms with Gasteiger partial charge in [-0.05, 0) is 25.8 Å². The quantitative estimate of drug-likeness (QED) is 0.745. The highest BCUT2D eigenvalue weighted by molar-refractivity contribution is 7.88. The Bertz CT molecular complexity index is 549. The molecule has 0 aliphatic carbocycles. The van der Waals surface area contributed by atoms with E-state index in [9.17, 15) is 13.2 Å². The predicted molar refractivity (Wildman–Crippen MR) is 81.5 cm³/mol. The molecule has 0 saturated carbocycles. The fourth-order valence-electron chi connectivity index (χ4n) is 1.62. The monoisotopic (exact) mass is 334 g/mol. The van der Waals surface area contributed by atoms with E-state index < -0.39 is 28.4 Å². The van der Waals surface area contributed by atoms with Gasteiger partial charge in [-0.15, -0.1) is 11.6 Å². The van der Waals surface area contributed by atoms with E-state index in [4.69, 9.17) is 16.3 Å². The standard InChI is InChI=1S/C13H19ClN2O4S/c1-10(2)20-13(17)16-21(18,19)15-12(9-14)8-11-6-4-3-5-7-11/h3-7,10,12,15H,8-9H2,1-2H3,(H,16,17). The number of halogens is 1. The Morgan fingerprint density at radius 3 is 2.43 bits per heavy atom. The lowest BCUT2D eigenvalue weighted by Crippen LogP contribution is -2.47. The van der Waals surface area contributed by atoms with Gasteiger partial charge >= 0.3 is 16.3 Å². The molecule has 0 heterocycles. The Labute approximate surface area is 130 Å². The number of amides is 1. The first-order valence-electron chi connectivity index (χ1n) is 6.43. The summed E-state index contributed by atoms with van der Waals surface area (Å²) in [5.41, 5.74) is 0.940. The number of benzene rings is 1. The lowest BCUT2D eigenvalue weighted by atomic mass is 10.1. The Morgan fingerprint density at radius 2 is 1.90 bits per heavy atom. The Morgan fingerprint density at radius 1 is 1.29 bits per heavy atom. The van der Waals surface area contributed by atoms with Crippen LogP contribution in [0.15, 0.2) is 30.3 Å². The second-order valence-electron chi connectivity index (χ2n) is 4.72. The molecule has 0 saturated heterocycles. The number of alkyl halides is 1. The Hall–Kier alpha value is -1.31. The summed E-state index contributed by atoms with van der Waals surface area (Å²) in [6, 6.07) is 8.79. The van der Waals surface area contributed by atoms with Gasteiger partial charge in [0.05, 0.1) is 6.10 Å². The van der Waals surface area contributed by atoms with Crippen LogP contribution in [-0.4, -0.2) is 32.5 Å². The summed E-state index contributed by atoms with van der Waals surface area (Å²) in [5, 5.41) is 0. The third-order valence-electron chi connectivity index (χ3n) is 2.39. The van der Waals surface area contributed by atoms with Crippen molar-refractivity contribution < 1.29 is 17.9 Å². The molecule has 0 fully saturated rings. The smallest absolute Gasteiger partial charge is 0.422 e. The average Bonchev–Trinajstić information content (AvgIpc) is 2.37. The largest absolute Gasteiger partial charge is 0.446 e. The van der Waals surface area contributed by atoms with Gasteiger partial charge < -0.3 is 4.74 Å². The van der Waals surface area contributed by atoms with Crippen molar-refractivity contribution in [2.75, 3.05) is 5.88 Å². The number of rotatable bonds is 7. The number of ether oxygens (including phenoxy) is 1.